The molecule has 0 atom stereocenters. The van der Waals surface area contributed by atoms with Gasteiger partial charge in [0.05, 0.1) is 6.61 Å². The van der Waals surface area contributed by atoms with Crippen LogP contribution in [0.15, 0.2) is 67.8 Å². The van der Waals surface area contributed by atoms with Gasteiger partial charge in [-0.2, -0.15) is 0 Å². The molecule has 0 saturated heterocycles. The van der Waals surface area contributed by atoms with Gasteiger partial charge in [0, 0.05) is 17.2 Å². The summed E-state index contributed by atoms with van der Waals surface area (Å²) in [5, 5.41) is 0. The molecule has 0 fully saturated rings. The number of hydrogen-bond acceptors (Lipinski definition) is 6. The quantitative estimate of drug-likeness (QED) is 0.336. The first-order valence-electron chi connectivity index (χ1n) is 7.83. The van der Waals surface area contributed by atoms with Crippen molar-refractivity contribution in [3.63, 3.8) is 0 Å². The monoisotopic (exact) mass is 372 g/mol. The zero-order valence-corrected chi connectivity index (χ0v) is 14.8. The highest BCUT2D eigenvalue weighted by Crippen LogP contribution is 2.54. The molecule has 1 heterocycles. The van der Waals surface area contributed by atoms with Gasteiger partial charge in [-0.3, -0.25) is 4.52 Å². The number of phosphoric ester groups is 1. The van der Waals surface area contributed by atoms with Gasteiger partial charge in [0.25, 0.3) is 0 Å². The number of benzene rings is 2. The van der Waals surface area contributed by atoms with Crippen molar-refractivity contribution in [3.8, 4) is 11.5 Å². The molecule has 0 N–H and O–H groups in total. The molecule has 3 rings (SSSR count). The average Bonchev–Trinajstić information content (AvgIpc) is 2.64. The van der Waals surface area contributed by atoms with Gasteiger partial charge in [0.2, 0.25) is 0 Å². The summed E-state index contributed by atoms with van der Waals surface area (Å²) < 4.78 is 34.4. The normalized spacial score (nSPS) is 14.5. The van der Waals surface area contributed by atoms with E-state index >= 15 is 0 Å². The number of rotatable bonds is 5. The van der Waals surface area contributed by atoms with E-state index < -0.39 is 13.8 Å². The number of esters is 1. The third-order valence-electron chi connectivity index (χ3n) is 3.59. The van der Waals surface area contributed by atoms with E-state index in [2.05, 4.69) is 13.2 Å². The zero-order chi connectivity index (χ0) is 18.6. The second kappa shape index (κ2) is 7.60. The molecule has 0 unspecified atom stereocenters. The fourth-order valence-corrected chi connectivity index (χ4v) is 3.64. The van der Waals surface area contributed by atoms with Gasteiger partial charge in [0.1, 0.15) is 18.1 Å². The van der Waals surface area contributed by atoms with Crippen LogP contribution in [0.3, 0.4) is 0 Å². The number of hydrogen-bond donors (Lipinski definition) is 0. The van der Waals surface area contributed by atoms with E-state index in [9.17, 15) is 9.36 Å². The second-order valence-electron chi connectivity index (χ2n) is 5.31. The fraction of sp³-hybridized carbons (Fsp3) is 0.105. The molecule has 0 spiro atoms. The lowest BCUT2D eigenvalue weighted by atomic mass is 9.98. The van der Waals surface area contributed by atoms with E-state index in [4.69, 9.17) is 18.3 Å². The summed E-state index contributed by atoms with van der Waals surface area (Å²) in [6.07, 6.45) is 1.03. The van der Waals surface area contributed by atoms with Crippen molar-refractivity contribution in [3.05, 3.63) is 78.9 Å². The number of phosphoric acid groups is 1. The molecule has 134 valence electrons. The number of ether oxygens (including phenoxy) is 1. The Hall–Kier alpha value is -2.82. The highest BCUT2D eigenvalue weighted by molar-refractivity contribution is 7.49. The highest BCUT2D eigenvalue weighted by atomic mass is 31.2. The molecule has 1 aliphatic rings. The van der Waals surface area contributed by atoms with Crippen LogP contribution in [0.1, 0.15) is 11.1 Å². The van der Waals surface area contributed by atoms with Crippen molar-refractivity contribution in [2.45, 2.75) is 0 Å². The fourth-order valence-electron chi connectivity index (χ4n) is 2.40. The lowest BCUT2D eigenvalue weighted by molar-refractivity contribution is -0.138. The Morgan fingerprint density at radius 2 is 1.54 bits per heavy atom. The summed E-state index contributed by atoms with van der Waals surface area (Å²) in [4.78, 5) is 11.1. The third kappa shape index (κ3) is 3.87. The van der Waals surface area contributed by atoms with Gasteiger partial charge in [-0.15, -0.1) is 0 Å². The van der Waals surface area contributed by atoms with Gasteiger partial charge in [-0.25, -0.2) is 9.36 Å². The van der Waals surface area contributed by atoms with Crippen LogP contribution >= 0.6 is 7.82 Å². The van der Waals surface area contributed by atoms with E-state index in [0.29, 0.717) is 28.2 Å². The Morgan fingerprint density at radius 3 is 2.08 bits per heavy atom. The van der Waals surface area contributed by atoms with Crippen LogP contribution < -0.4 is 9.05 Å². The Morgan fingerprint density at radius 1 is 1.00 bits per heavy atom. The SMILES string of the molecule is C=CC(=O)OCCOP1(=O)Oc2ccccc2C(=C)c2ccccc2O1. The minimum Gasteiger partial charge on any atom is -0.460 e. The lowest BCUT2D eigenvalue weighted by Gasteiger charge is -2.25. The predicted octanol–water partition coefficient (Wildman–Crippen LogP) is 4.37. The Kier molecular flexibility index (Phi) is 5.26. The van der Waals surface area contributed by atoms with Gasteiger partial charge in [-0.05, 0) is 17.7 Å². The average molecular weight is 372 g/mol. The van der Waals surface area contributed by atoms with E-state index in [1.807, 2.05) is 24.3 Å². The Labute approximate surface area is 151 Å². The van der Waals surface area contributed by atoms with Crippen LogP contribution in [0.5, 0.6) is 11.5 Å². The molecule has 6 nitrogen and oxygen atoms in total. The number of para-hydroxylation sites is 2. The van der Waals surface area contributed by atoms with Crippen molar-refractivity contribution in [2.24, 2.45) is 0 Å². The molecule has 0 amide bonds. The second-order valence-corrected chi connectivity index (χ2v) is 6.82. The molecule has 0 saturated carbocycles. The van der Waals surface area contributed by atoms with Crippen LogP contribution in [0.25, 0.3) is 5.57 Å². The van der Waals surface area contributed by atoms with Crippen molar-refractivity contribution < 1.29 is 27.7 Å². The van der Waals surface area contributed by atoms with Crippen molar-refractivity contribution in [2.75, 3.05) is 13.2 Å². The van der Waals surface area contributed by atoms with Gasteiger partial charge >= 0.3 is 13.8 Å². The molecule has 7 heteroatoms. The third-order valence-corrected chi connectivity index (χ3v) is 4.93. The Balaban J connectivity index is 1.89. The predicted molar refractivity (Wildman–Crippen MR) is 97.0 cm³/mol. The van der Waals surface area contributed by atoms with Crippen molar-refractivity contribution in [1.82, 2.24) is 0 Å². The molecule has 26 heavy (non-hydrogen) atoms. The summed E-state index contributed by atoms with van der Waals surface area (Å²) in [5.74, 6) is 0.0650. The molecule has 2 aromatic rings. The van der Waals surface area contributed by atoms with Gasteiger partial charge < -0.3 is 13.8 Å². The summed E-state index contributed by atoms with van der Waals surface area (Å²) >= 11 is 0. The molecule has 0 bridgehead atoms. The highest BCUT2D eigenvalue weighted by Gasteiger charge is 2.35. The topological polar surface area (TPSA) is 71.1 Å². The number of carbonyl (C=O) groups is 1. The van der Waals surface area contributed by atoms with Crippen molar-refractivity contribution in [1.29, 1.82) is 0 Å². The minimum atomic E-state index is -4.00. The summed E-state index contributed by atoms with van der Waals surface area (Å²) in [6.45, 7) is 7.11. The smallest absolute Gasteiger partial charge is 0.460 e. The first-order chi connectivity index (χ1) is 12.5. The molecule has 2 aromatic carbocycles. The first-order valence-corrected chi connectivity index (χ1v) is 9.29. The van der Waals surface area contributed by atoms with Gasteiger partial charge in [0.15, 0.2) is 0 Å². The molecular weight excluding hydrogens is 355 g/mol. The lowest BCUT2D eigenvalue weighted by Crippen LogP contribution is -2.13. The molecule has 0 aliphatic carbocycles. The van der Waals surface area contributed by atoms with Gasteiger partial charge in [-0.1, -0.05) is 49.6 Å². The number of carbonyl (C=O) groups excluding carboxylic acids is 1. The molecule has 1 aliphatic heterocycles. The maximum Gasteiger partial charge on any atom is 0.587 e. The van der Waals surface area contributed by atoms with Crippen LogP contribution in [-0.2, 0) is 18.6 Å². The largest absolute Gasteiger partial charge is 0.587 e. The molecular formula is C19H17O6P. The minimum absolute atomic E-state index is 0.114. The van der Waals surface area contributed by atoms with Crippen LogP contribution in [-0.4, -0.2) is 19.2 Å². The maximum absolute atomic E-state index is 13.1. The van der Waals surface area contributed by atoms with Crippen molar-refractivity contribution >= 4 is 19.4 Å². The van der Waals surface area contributed by atoms with Crippen LogP contribution in [0.2, 0.25) is 0 Å². The maximum atomic E-state index is 13.1. The standard InChI is InChI=1S/C19H17O6P/c1-3-19(20)22-12-13-23-26(21)24-17-10-6-4-8-15(17)14(2)16-9-5-7-11-18(16)25-26/h3-11H,1-2,12-13H2. The van der Waals surface area contributed by atoms with Crippen LogP contribution in [0, 0.1) is 0 Å². The zero-order valence-electron chi connectivity index (χ0n) is 13.9. The van der Waals surface area contributed by atoms with E-state index in [0.717, 1.165) is 6.08 Å². The number of fused-ring (bicyclic) bond motifs is 2. The van der Waals surface area contributed by atoms with E-state index in [-0.39, 0.29) is 13.2 Å². The molecule has 0 radical (unpaired) electrons. The summed E-state index contributed by atoms with van der Waals surface area (Å²) in [6, 6.07) is 14.1. The summed E-state index contributed by atoms with van der Waals surface area (Å²) in [7, 11) is -4.00. The van der Waals surface area contributed by atoms with E-state index in [1.165, 1.54) is 0 Å². The van der Waals surface area contributed by atoms with E-state index in [1.54, 1.807) is 24.3 Å². The summed E-state index contributed by atoms with van der Waals surface area (Å²) in [5.41, 5.74) is 2.05. The molecule has 0 aromatic heterocycles. The Bertz CT molecular complexity index is 849. The first kappa shape index (κ1) is 18.0. The van der Waals surface area contributed by atoms with Crippen LogP contribution in [0.4, 0.5) is 0 Å².